The minimum absolute atomic E-state index is 0.00671. The van der Waals surface area contributed by atoms with Crippen LogP contribution in [0.25, 0.3) is 10.9 Å². The first-order valence-corrected chi connectivity index (χ1v) is 8.58. The van der Waals surface area contributed by atoms with Crippen LogP contribution in [-0.2, 0) is 20.0 Å². The summed E-state index contributed by atoms with van der Waals surface area (Å²) in [5.74, 6) is -1.41. The van der Waals surface area contributed by atoms with E-state index in [2.05, 4.69) is 0 Å². The molecule has 0 saturated heterocycles. The highest BCUT2D eigenvalue weighted by molar-refractivity contribution is 8.11. The fourth-order valence-electron chi connectivity index (χ4n) is 1.73. The van der Waals surface area contributed by atoms with E-state index in [1.807, 2.05) is 4.98 Å². The summed E-state index contributed by atoms with van der Waals surface area (Å²) < 4.78 is 120. The molecule has 0 amide bonds. The van der Waals surface area contributed by atoms with Crippen LogP contribution < -0.4 is 3.71 Å². The topological polar surface area (TPSA) is 87.3 Å². The summed E-state index contributed by atoms with van der Waals surface area (Å²) in [5.41, 5.74) is -12.6. The molecule has 0 aliphatic rings. The quantitative estimate of drug-likeness (QED) is 0.809. The maximum Gasteiger partial charge on any atom is 0.517 e. The van der Waals surface area contributed by atoms with E-state index in [-0.39, 0.29) is 10.9 Å². The number of nitrogens with one attached hydrogen (secondary N) is 1. The molecule has 0 atom stereocenters. The molecule has 0 radical (unpaired) electrons. The first-order chi connectivity index (χ1) is 10.7. The lowest BCUT2D eigenvalue weighted by atomic mass is 10.3. The first-order valence-electron chi connectivity index (χ1n) is 5.70. The van der Waals surface area contributed by atoms with E-state index >= 15 is 0 Å². The van der Waals surface area contributed by atoms with E-state index in [0.717, 1.165) is 0 Å². The summed E-state index contributed by atoms with van der Waals surface area (Å²) in [4.78, 5) is 1.92. The van der Waals surface area contributed by atoms with Gasteiger partial charge in [0, 0.05) is 10.9 Å². The van der Waals surface area contributed by atoms with Gasteiger partial charge in [-0.15, -0.1) is 3.71 Å². The molecule has 1 heterocycles. The van der Waals surface area contributed by atoms with Crippen LogP contribution in [0.5, 0.6) is 0 Å². The molecule has 0 spiro atoms. The van der Waals surface area contributed by atoms with Gasteiger partial charge >= 0.3 is 31.1 Å². The first kappa shape index (κ1) is 18.4. The van der Waals surface area contributed by atoms with E-state index in [4.69, 9.17) is 0 Å². The highest BCUT2D eigenvalue weighted by atomic mass is 32.3. The fourth-order valence-corrected chi connectivity index (χ4v) is 4.36. The molecular formula is C10H6F6N2O4S2. The molecule has 2 aromatic rings. The SMILES string of the molecule is O=S(=O)(N(c1cc2ccccc2[nH]1)S(=O)(=O)C(F)(F)F)C(F)(F)F. The molecule has 24 heavy (non-hydrogen) atoms. The Morgan fingerprint density at radius 2 is 1.29 bits per heavy atom. The van der Waals surface area contributed by atoms with Crippen LogP contribution >= 0.6 is 0 Å². The average molecular weight is 396 g/mol. The van der Waals surface area contributed by atoms with E-state index < -0.39 is 40.6 Å². The lowest BCUT2D eigenvalue weighted by Gasteiger charge is -2.24. The lowest BCUT2D eigenvalue weighted by molar-refractivity contribution is -0.0462. The second-order valence-electron chi connectivity index (χ2n) is 4.34. The number of fused-ring (bicyclic) bond motifs is 1. The van der Waals surface area contributed by atoms with Crippen molar-refractivity contribution < 1.29 is 43.2 Å². The number of hydrogen-bond donors (Lipinski definition) is 1. The minimum Gasteiger partial charge on any atom is -0.340 e. The average Bonchev–Trinajstić information content (AvgIpc) is 2.78. The molecule has 0 aliphatic carbocycles. The predicted octanol–water partition coefficient (Wildman–Crippen LogP) is 2.67. The van der Waals surface area contributed by atoms with Gasteiger partial charge in [-0.1, -0.05) is 18.2 Å². The molecule has 6 nitrogen and oxygen atoms in total. The Morgan fingerprint density at radius 1 is 0.833 bits per heavy atom. The van der Waals surface area contributed by atoms with Gasteiger partial charge in [-0.05, 0) is 12.1 Å². The van der Waals surface area contributed by atoms with Crippen molar-refractivity contribution in [2.45, 2.75) is 11.0 Å². The third-order valence-electron chi connectivity index (χ3n) is 2.73. The Labute approximate surface area is 130 Å². The standard InChI is InChI=1S/C10H6F6N2O4S2/c11-9(12,13)23(19,20)18(24(21,22)10(14,15)16)8-5-6-3-1-2-4-7(6)17-8/h1-5,17H. The molecular weight excluding hydrogens is 390 g/mol. The second-order valence-corrected chi connectivity index (χ2v) is 8.13. The monoisotopic (exact) mass is 396 g/mol. The molecule has 14 heteroatoms. The largest absolute Gasteiger partial charge is 0.517 e. The van der Waals surface area contributed by atoms with Crippen molar-refractivity contribution in [3.8, 4) is 0 Å². The van der Waals surface area contributed by atoms with Gasteiger partial charge in [-0.25, -0.2) is 0 Å². The number of para-hydroxylation sites is 1. The summed E-state index contributed by atoms with van der Waals surface area (Å²) in [6, 6.07) is 5.69. The van der Waals surface area contributed by atoms with Gasteiger partial charge in [-0.3, -0.25) is 0 Å². The van der Waals surface area contributed by atoms with Gasteiger partial charge < -0.3 is 4.98 Å². The van der Waals surface area contributed by atoms with Gasteiger partial charge in [0.2, 0.25) is 0 Å². The molecule has 134 valence electrons. The van der Waals surface area contributed by atoms with Gasteiger partial charge in [-0.2, -0.15) is 43.2 Å². The van der Waals surface area contributed by atoms with Crippen LogP contribution in [0.2, 0.25) is 0 Å². The van der Waals surface area contributed by atoms with E-state index in [1.165, 1.54) is 24.3 Å². The number of sulfonamides is 2. The van der Waals surface area contributed by atoms with Crippen LogP contribution in [-0.4, -0.2) is 32.8 Å². The van der Waals surface area contributed by atoms with Crippen LogP contribution in [0.15, 0.2) is 30.3 Å². The number of benzene rings is 1. The zero-order chi connectivity index (χ0) is 18.6. The highest BCUT2D eigenvalue weighted by Gasteiger charge is 2.62. The number of halogens is 6. The van der Waals surface area contributed by atoms with Crippen molar-refractivity contribution >= 4 is 36.8 Å². The number of alkyl halides is 6. The molecule has 1 aromatic carbocycles. The number of aromatic nitrogens is 1. The second kappa shape index (κ2) is 5.27. The predicted molar refractivity (Wildman–Crippen MR) is 70.7 cm³/mol. The Hall–Kier alpha value is -1.96. The smallest absolute Gasteiger partial charge is 0.340 e. The maximum atomic E-state index is 12.7. The lowest BCUT2D eigenvalue weighted by Crippen LogP contribution is -2.49. The summed E-state index contributed by atoms with van der Waals surface area (Å²) in [6.07, 6.45) is 0. The zero-order valence-corrected chi connectivity index (χ0v) is 12.7. The van der Waals surface area contributed by atoms with Gasteiger partial charge in [0.15, 0.2) is 0 Å². The number of nitrogens with zero attached hydrogens (tertiary/aromatic N) is 1. The summed E-state index contributed by atoms with van der Waals surface area (Å²) in [5, 5.41) is 0.00671. The number of rotatable bonds is 3. The molecule has 0 bridgehead atoms. The van der Waals surface area contributed by atoms with Crippen molar-refractivity contribution in [2.75, 3.05) is 3.71 Å². The number of anilines is 1. The summed E-state index contributed by atoms with van der Waals surface area (Å²) in [6.45, 7) is 0. The van der Waals surface area contributed by atoms with Gasteiger partial charge in [0.05, 0.1) is 0 Å². The van der Waals surface area contributed by atoms with E-state index in [9.17, 15) is 43.2 Å². The molecule has 0 saturated carbocycles. The minimum atomic E-state index is -6.89. The molecule has 1 N–H and O–H groups in total. The van der Waals surface area contributed by atoms with E-state index in [0.29, 0.717) is 6.07 Å². The number of aromatic amines is 1. The van der Waals surface area contributed by atoms with Crippen molar-refractivity contribution in [3.63, 3.8) is 0 Å². The van der Waals surface area contributed by atoms with Gasteiger partial charge in [0.1, 0.15) is 5.82 Å². The van der Waals surface area contributed by atoms with Crippen LogP contribution in [0, 0.1) is 0 Å². The molecule has 0 aliphatic heterocycles. The van der Waals surface area contributed by atoms with Crippen LogP contribution in [0.4, 0.5) is 32.2 Å². The zero-order valence-electron chi connectivity index (χ0n) is 11.1. The molecule has 0 fully saturated rings. The molecule has 1 aromatic heterocycles. The Balaban J connectivity index is 2.83. The van der Waals surface area contributed by atoms with Crippen molar-refractivity contribution in [2.24, 2.45) is 0 Å². The molecule has 0 unspecified atom stereocenters. The maximum absolute atomic E-state index is 12.7. The van der Waals surface area contributed by atoms with E-state index in [1.54, 1.807) is 0 Å². The summed E-state index contributed by atoms with van der Waals surface area (Å²) >= 11 is 0. The Bertz CT molecular complexity index is 898. The van der Waals surface area contributed by atoms with Crippen LogP contribution in [0.3, 0.4) is 0 Å². The van der Waals surface area contributed by atoms with Crippen LogP contribution in [0.1, 0.15) is 0 Å². The van der Waals surface area contributed by atoms with Crippen molar-refractivity contribution in [1.82, 2.24) is 4.98 Å². The third-order valence-corrected chi connectivity index (χ3v) is 6.35. The number of hydrogen-bond acceptors (Lipinski definition) is 4. The normalized spacial score (nSPS) is 14.1. The van der Waals surface area contributed by atoms with Gasteiger partial charge in [0.25, 0.3) is 0 Å². The highest BCUT2D eigenvalue weighted by Crippen LogP contribution is 2.39. The van der Waals surface area contributed by atoms with Crippen molar-refractivity contribution in [1.29, 1.82) is 0 Å². The third kappa shape index (κ3) is 2.79. The van der Waals surface area contributed by atoms with Crippen molar-refractivity contribution in [3.05, 3.63) is 30.3 Å². The Morgan fingerprint density at radius 3 is 1.71 bits per heavy atom. The Kier molecular flexibility index (Phi) is 4.04. The number of H-pyrrole nitrogens is 1. The summed E-state index contributed by atoms with van der Waals surface area (Å²) in [7, 11) is -13.8. The molecule has 2 rings (SSSR count). The fraction of sp³-hybridized carbons (Fsp3) is 0.200.